The Kier molecular flexibility index (Phi) is 2.67. The number of hydrogen-bond donors (Lipinski definition) is 0. The SMILES string of the molecule is Cc1ccc2c(C#N)c3cc(C)ccc3c(C#N)c2c1. The largest absolute Gasteiger partial charge is 0.192 e. The van der Waals surface area contributed by atoms with E-state index in [2.05, 4.69) is 12.1 Å². The van der Waals surface area contributed by atoms with Crippen LogP contribution < -0.4 is 0 Å². The van der Waals surface area contributed by atoms with E-state index in [4.69, 9.17) is 0 Å². The summed E-state index contributed by atoms with van der Waals surface area (Å²) in [4.78, 5) is 0. The number of hydrogen-bond acceptors (Lipinski definition) is 2. The van der Waals surface area contributed by atoms with E-state index in [-0.39, 0.29) is 0 Å². The summed E-state index contributed by atoms with van der Waals surface area (Å²) in [6, 6.07) is 16.4. The summed E-state index contributed by atoms with van der Waals surface area (Å²) in [7, 11) is 0. The van der Waals surface area contributed by atoms with Crippen LogP contribution in [0.4, 0.5) is 0 Å². The lowest BCUT2D eigenvalue weighted by Crippen LogP contribution is -1.91. The lowest BCUT2D eigenvalue weighted by molar-refractivity contribution is 1.46. The summed E-state index contributed by atoms with van der Waals surface area (Å²) in [5.74, 6) is 0. The molecule has 2 nitrogen and oxygen atoms in total. The molecule has 0 saturated carbocycles. The third-order valence-corrected chi connectivity index (χ3v) is 3.65. The summed E-state index contributed by atoms with van der Waals surface area (Å²) in [5.41, 5.74) is 3.48. The van der Waals surface area contributed by atoms with Gasteiger partial charge in [0, 0.05) is 21.5 Å². The molecule has 3 rings (SSSR count). The second-order valence-electron chi connectivity index (χ2n) is 5.07. The molecule has 0 heterocycles. The fraction of sp³-hybridized carbons (Fsp3) is 0.111. The predicted molar refractivity (Wildman–Crippen MR) is 80.4 cm³/mol. The molecular formula is C18H12N2. The minimum atomic E-state index is 0.651. The first kappa shape index (κ1) is 12.2. The Morgan fingerprint density at radius 3 is 1.40 bits per heavy atom. The second-order valence-corrected chi connectivity index (χ2v) is 5.07. The van der Waals surface area contributed by atoms with Crippen LogP contribution in [0.3, 0.4) is 0 Å². The average Bonchev–Trinajstić information content (AvgIpc) is 2.44. The number of nitriles is 2. The van der Waals surface area contributed by atoms with Gasteiger partial charge in [0.2, 0.25) is 0 Å². The number of rotatable bonds is 0. The normalized spacial score (nSPS) is 10.4. The van der Waals surface area contributed by atoms with Crippen LogP contribution >= 0.6 is 0 Å². The van der Waals surface area contributed by atoms with Gasteiger partial charge in [0.05, 0.1) is 11.1 Å². The first-order valence-electron chi connectivity index (χ1n) is 6.42. The predicted octanol–water partition coefficient (Wildman–Crippen LogP) is 4.35. The molecule has 0 spiro atoms. The Bertz CT molecular complexity index is 858. The molecule has 0 aliphatic rings. The molecule has 0 radical (unpaired) electrons. The third-order valence-electron chi connectivity index (χ3n) is 3.65. The minimum absolute atomic E-state index is 0.651. The van der Waals surface area contributed by atoms with Crippen LogP contribution in [0.1, 0.15) is 22.3 Å². The molecule has 0 N–H and O–H groups in total. The highest BCUT2D eigenvalue weighted by Crippen LogP contribution is 2.33. The zero-order valence-corrected chi connectivity index (χ0v) is 11.4. The monoisotopic (exact) mass is 256 g/mol. The van der Waals surface area contributed by atoms with Gasteiger partial charge in [-0.2, -0.15) is 10.5 Å². The van der Waals surface area contributed by atoms with Gasteiger partial charge in [-0.05, 0) is 13.8 Å². The third kappa shape index (κ3) is 1.63. The first-order valence-corrected chi connectivity index (χ1v) is 6.42. The topological polar surface area (TPSA) is 47.6 Å². The van der Waals surface area contributed by atoms with Crippen molar-refractivity contribution in [3.05, 3.63) is 58.7 Å². The lowest BCUT2D eigenvalue weighted by Gasteiger charge is -2.10. The van der Waals surface area contributed by atoms with Gasteiger partial charge in [0.1, 0.15) is 12.1 Å². The maximum Gasteiger partial charge on any atom is 0.100 e. The van der Waals surface area contributed by atoms with E-state index in [0.29, 0.717) is 11.1 Å². The highest BCUT2D eigenvalue weighted by atomic mass is 14.3. The summed E-state index contributed by atoms with van der Waals surface area (Å²) in [6.45, 7) is 3.98. The van der Waals surface area contributed by atoms with Crippen LogP contribution in [-0.4, -0.2) is 0 Å². The molecule has 0 amide bonds. The maximum atomic E-state index is 9.52. The number of nitrogens with zero attached hydrogens (tertiary/aromatic N) is 2. The van der Waals surface area contributed by atoms with E-state index in [0.717, 1.165) is 32.7 Å². The average molecular weight is 256 g/mol. The zero-order valence-electron chi connectivity index (χ0n) is 11.4. The molecule has 0 unspecified atom stereocenters. The number of fused-ring (bicyclic) bond motifs is 2. The standard InChI is InChI=1S/C18H12N2/c1-11-3-5-13-15(7-11)17(9-19)14-6-4-12(2)8-16(14)18(13)10-20/h3-8H,1-2H3. The molecule has 3 aromatic rings. The molecule has 0 fully saturated rings. The molecule has 20 heavy (non-hydrogen) atoms. The van der Waals surface area contributed by atoms with Crippen LogP contribution in [-0.2, 0) is 0 Å². The van der Waals surface area contributed by atoms with Crippen molar-refractivity contribution in [1.82, 2.24) is 0 Å². The molecule has 0 bridgehead atoms. The van der Waals surface area contributed by atoms with Crippen LogP contribution in [0.5, 0.6) is 0 Å². The Morgan fingerprint density at radius 2 is 1.05 bits per heavy atom. The van der Waals surface area contributed by atoms with Crippen molar-refractivity contribution >= 4 is 21.5 Å². The van der Waals surface area contributed by atoms with Crippen molar-refractivity contribution in [2.45, 2.75) is 13.8 Å². The summed E-state index contributed by atoms with van der Waals surface area (Å²) >= 11 is 0. The molecular weight excluding hydrogens is 244 g/mol. The van der Waals surface area contributed by atoms with E-state index in [1.165, 1.54) is 0 Å². The quantitative estimate of drug-likeness (QED) is 0.561. The second kappa shape index (κ2) is 4.37. The van der Waals surface area contributed by atoms with Gasteiger partial charge in [0.15, 0.2) is 0 Å². The molecule has 0 aromatic heterocycles. The minimum Gasteiger partial charge on any atom is -0.192 e. The van der Waals surface area contributed by atoms with Crippen molar-refractivity contribution in [3.63, 3.8) is 0 Å². The highest BCUT2D eigenvalue weighted by molar-refractivity contribution is 6.09. The Hall–Kier alpha value is -2.84. The van der Waals surface area contributed by atoms with Crippen LogP contribution in [0.15, 0.2) is 36.4 Å². The van der Waals surface area contributed by atoms with Gasteiger partial charge in [0.25, 0.3) is 0 Å². The molecule has 0 aliphatic carbocycles. The molecule has 0 atom stereocenters. The smallest absolute Gasteiger partial charge is 0.100 e. The molecule has 0 saturated heterocycles. The summed E-state index contributed by atoms with van der Waals surface area (Å²) in [6.07, 6.45) is 0. The lowest BCUT2D eigenvalue weighted by atomic mass is 9.91. The van der Waals surface area contributed by atoms with E-state index in [1.807, 2.05) is 50.2 Å². The summed E-state index contributed by atoms with van der Waals surface area (Å²) < 4.78 is 0. The molecule has 94 valence electrons. The Morgan fingerprint density at radius 1 is 0.650 bits per heavy atom. The van der Waals surface area contributed by atoms with Crippen molar-refractivity contribution in [1.29, 1.82) is 10.5 Å². The van der Waals surface area contributed by atoms with E-state index >= 15 is 0 Å². The van der Waals surface area contributed by atoms with Crippen LogP contribution in [0.2, 0.25) is 0 Å². The highest BCUT2D eigenvalue weighted by Gasteiger charge is 2.13. The Labute approximate surface area is 117 Å². The van der Waals surface area contributed by atoms with Gasteiger partial charge in [-0.15, -0.1) is 0 Å². The zero-order chi connectivity index (χ0) is 14.3. The van der Waals surface area contributed by atoms with Crippen LogP contribution in [0.25, 0.3) is 21.5 Å². The fourth-order valence-corrected chi connectivity index (χ4v) is 2.70. The van der Waals surface area contributed by atoms with Crippen molar-refractivity contribution in [3.8, 4) is 12.1 Å². The van der Waals surface area contributed by atoms with Crippen molar-refractivity contribution in [2.24, 2.45) is 0 Å². The molecule has 0 aliphatic heterocycles. The van der Waals surface area contributed by atoms with Gasteiger partial charge >= 0.3 is 0 Å². The van der Waals surface area contributed by atoms with E-state index in [1.54, 1.807) is 0 Å². The Balaban J connectivity index is 2.69. The van der Waals surface area contributed by atoms with Crippen molar-refractivity contribution in [2.75, 3.05) is 0 Å². The summed E-state index contributed by atoms with van der Waals surface area (Å²) in [5, 5.41) is 22.5. The van der Waals surface area contributed by atoms with Gasteiger partial charge < -0.3 is 0 Å². The van der Waals surface area contributed by atoms with Gasteiger partial charge in [-0.25, -0.2) is 0 Å². The number of aryl methyl sites for hydroxylation is 2. The molecule has 3 aromatic carbocycles. The fourth-order valence-electron chi connectivity index (χ4n) is 2.70. The van der Waals surface area contributed by atoms with Gasteiger partial charge in [-0.3, -0.25) is 0 Å². The van der Waals surface area contributed by atoms with Gasteiger partial charge in [-0.1, -0.05) is 47.5 Å². The van der Waals surface area contributed by atoms with E-state index < -0.39 is 0 Å². The maximum absolute atomic E-state index is 9.52. The van der Waals surface area contributed by atoms with Crippen molar-refractivity contribution < 1.29 is 0 Å². The number of benzene rings is 3. The molecule has 2 heteroatoms. The first-order chi connectivity index (χ1) is 9.65. The van der Waals surface area contributed by atoms with E-state index in [9.17, 15) is 10.5 Å². The van der Waals surface area contributed by atoms with Crippen LogP contribution in [0, 0.1) is 36.5 Å².